The van der Waals surface area contributed by atoms with Crippen molar-refractivity contribution in [3.8, 4) is 0 Å². The van der Waals surface area contributed by atoms with E-state index in [1.54, 1.807) is 11.0 Å². The summed E-state index contributed by atoms with van der Waals surface area (Å²) in [5.41, 5.74) is 0. The normalized spacial score (nSPS) is 8.50. The van der Waals surface area contributed by atoms with Crippen molar-refractivity contribution in [2.75, 3.05) is 13.6 Å². The Morgan fingerprint density at radius 3 is 2.67 bits per heavy atom. The highest BCUT2D eigenvalue weighted by molar-refractivity contribution is 9.10. The third kappa shape index (κ3) is 4.92. The minimum Gasteiger partial charge on any atom is -0.318 e. The summed E-state index contributed by atoms with van der Waals surface area (Å²) in [4.78, 5) is 3.91. The Bertz CT molecular complexity index is 205. The van der Waals surface area contributed by atoms with Crippen molar-refractivity contribution in [2.24, 2.45) is 0 Å². The molecule has 0 saturated carbocycles. The number of hydrogen-bond acceptors (Lipinski definition) is 3. The molecule has 7 heteroatoms. The van der Waals surface area contributed by atoms with Crippen LogP contribution in [0.4, 0.5) is 0 Å². The lowest BCUT2D eigenvalue weighted by Gasteiger charge is -1.96. The molecular formula is C5H11BrCl2N4. The fourth-order valence-corrected chi connectivity index (χ4v) is 0.901. The van der Waals surface area contributed by atoms with E-state index in [0.29, 0.717) is 4.73 Å². The van der Waals surface area contributed by atoms with Crippen molar-refractivity contribution in [1.82, 2.24) is 20.1 Å². The van der Waals surface area contributed by atoms with Gasteiger partial charge in [-0.2, -0.15) is 0 Å². The second kappa shape index (κ2) is 7.79. The number of halogens is 3. The van der Waals surface area contributed by atoms with Gasteiger partial charge in [-0.05, 0) is 23.0 Å². The molecule has 0 aliphatic carbocycles. The van der Waals surface area contributed by atoms with Gasteiger partial charge in [0.15, 0.2) is 0 Å². The number of nitrogens with zero attached hydrogens (tertiary/aromatic N) is 3. The van der Waals surface area contributed by atoms with Crippen molar-refractivity contribution < 1.29 is 0 Å². The molecule has 72 valence electrons. The second-order valence-electron chi connectivity index (χ2n) is 1.88. The van der Waals surface area contributed by atoms with E-state index in [4.69, 9.17) is 0 Å². The highest BCUT2D eigenvalue weighted by Gasteiger charge is 1.93. The summed E-state index contributed by atoms with van der Waals surface area (Å²) in [5, 5.41) is 7.05. The van der Waals surface area contributed by atoms with Crippen LogP contribution < -0.4 is 5.32 Å². The third-order valence-corrected chi connectivity index (χ3v) is 1.46. The highest BCUT2D eigenvalue weighted by atomic mass is 79.9. The molecule has 1 heterocycles. The van der Waals surface area contributed by atoms with E-state index in [9.17, 15) is 0 Å². The van der Waals surface area contributed by atoms with Gasteiger partial charge < -0.3 is 5.32 Å². The topological polar surface area (TPSA) is 42.7 Å². The average Bonchev–Trinajstić information content (AvgIpc) is 2.31. The summed E-state index contributed by atoms with van der Waals surface area (Å²) in [5.74, 6) is 0. The lowest BCUT2D eigenvalue weighted by atomic mass is 10.6. The molecule has 4 nitrogen and oxygen atoms in total. The molecule has 0 spiro atoms. The maximum Gasteiger partial charge on any atom is 0.217 e. The Labute approximate surface area is 92.1 Å². The van der Waals surface area contributed by atoms with Crippen LogP contribution in [0.15, 0.2) is 11.1 Å². The van der Waals surface area contributed by atoms with E-state index in [1.165, 1.54) is 0 Å². The van der Waals surface area contributed by atoms with Crippen LogP contribution in [0.3, 0.4) is 0 Å². The number of likely N-dealkylation sites (N-methyl/N-ethyl adjacent to an activating group) is 1. The maximum atomic E-state index is 4.03. The molecule has 1 N–H and O–H groups in total. The minimum atomic E-state index is 0. The Morgan fingerprint density at radius 1 is 1.58 bits per heavy atom. The highest BCUT2D eigenvalue weighted by Crippen LogP contribution is 1.97. The predicted molar refractivity (Wildman–Crippen MR) is 56.1 cm³/mol. The first-order valence-electron chi connectivity index (χ1n) is 3.02. The molecule has 0 bridgehead atoms. The van der Waals surface area contributed by atoms with Gasteiger partial charge in [-0.1, -0.05) is 0 Å². The zero-order chi connectivity index (χ0) is 7.40. The van der Waals surface area contributed by atoms with Gasteiger partial charge in [0.05, 0.1) is 6.54 Å². The van der Waals surface area contributed by atoms with E-state index in [-0.39, 0.29) is 24.8 Å². The molecule has 0 aliphatic rings. The van der Waals surface area contributed by atoms with Crippen molar-refractivity contribution in [1.29, 1.82) is 0 Å². The third-order valence-electron chi connectivity index (χ3n) is 1.10. The average molecular weight is 278 g/mol. The van der Waals surface area contributed by atoms with Crippen molar-refractivity contribution in [3.05, 3.63) is 11.1 Å². The molecule has 0 unspecified atom stereocenters. The van der Waals surface area contributed by atoms with Gasteiger partial charge in [-0.25, -0.2) is 4.98 Å². The lowest BCUT2D eigenvalue weighted by molar-refractivity contribution is 0.581. The van der Waals surface area contributed by atoms with Gasteiger partial charge >= 0.3 is 0 Å². The van der Waals surface area contributed by atoms with Gasteiger partial charge in [0.25, 0.3) is 0 Å². The summed E-state index contributed by atoms with van der Waals surface area (Å²) in [6.07, 6.45) is 1.70. The number of aromatic nitrogens is 3. The number of nitrogens with one attached hydrogen (secondary N) is 1. The fourth-order valence-electron chi connectivity index (χ4n) is 0.606. The standard InChI is InChI=1S/C5H9BrN4.2ClH/c1-7-2-3-10-4-8-5(6)9-10;;/h4,7H,2-3H2,1H3;2*1H. The number of rotatable bonds is 3. The molecule has 1 aromatic heterocycles. The summed E-state index contributed by atoms with van der Waals surface area (Å²) in [6, 6.07) is 0. The summed E-state index contributed by atoms with van der Waals surface area (Å²) >= 11 is 3.16. The molecular weight excluding hydrogens is 267 g/mol. The first kappa shape index (κ1) is 14.7. The second-order valence-corrected chi connectivity index (χ2v) is 2.59. The SMILES string of the molecule is CNCCn1cnc(Br)n1.Cl.Cl. The van der Waals surface area contributed by atoms with Gasteiger partial charge in [-0.15, -0.1) is 29.9 Å². The van der Waals surface area contributed by atoms with E-state index in [2.05, 4.69) is 31.3 Å². The molecule has 1 aromatic rings. The molecule has 0 radical (unpaired) electrons. The largest absolute Gasteiger partial charge is 0.318 e. The number of hydrogen-bond donors (Lipinski definition) is 1. The van der Waals surface area contributed by atoms with Gasteiger partial charge in [0.2, 0.25) is 4.73 Å². The molecule has 0 amide bonds. The Hall–Kier alpha value is 0.160. The van der Waals surface area contributed by atoms with Crippen molar-refractivity contribution in [2.45, 2.75) is 6.54 Å². The van der Waals surface area contributed by atoms with Crippen LogP contribution in [0.25, 0.3) is 0 Å². The van der Waals surface area contributed by atoms with Crippen LogP contribution in [0.1, 0.15) is 0 Å². The molecule has 0 saturated heterocycles. The summed E-state index contributed by atoms with van der Waals surface area (Å²) in [7, 11) is 1.91. The predicted octanol–water partition coefficient (Wildman–Crippen LogP) is 1.10. The fraction of sp³-hybridized carbons (Fsp3) is 0.600. The lowest BCUT2D eigenvalue weighted by Crippen LogP contribution is -2.15. The van der Waals surface area contributed by atoms with Gasteiger partial charge in [-0.3, -0.25) is 4.68 Å². The minimum absolute atomic E-state index is 0. The molecule has 12 heavy (non-hydrogen) atoms. The molecule has 0 aromatic carbocycles. The van der Waals surface area contributed by atoms with Gasteiger partial charge in [0, 0.05) is 6.54 Å². The van der Waals surface area contributed by atoms with Crippen LogP contribution in [0.2, 0.25) is 0 Å². The Balaban J connectivity index is 0. The van der Waals surface area contributed by atoms with Crippen LogP contribution in [0.5, 0.6) is 0 Å². The Kier molecular flexibility index (Phi) is 9.53. The van der Waals surface area contributed by atoms with Crippen molar-refractivity contribution in [3.63, 3.8) is 0 Å². The molecule has 0 aliphatic heterocycles. The summed E-state index contributed by atoms with van der Waals surface area (Å²) < 4.78 is 2.42. The smallest absolute Gasteiger partial charge is 0.217 e. The zero-order valence-corrected chi connectivity index (χ0v) is 9.75. The summed E-state index contributed by atoms with van der Waals surface area (Å²) in [6.45, 7) is 1.77. The van der Waals surface area contributed by atoms with Crippen LogP contribution in [0, 0.1) is 0 Å². The molecule has 0 atom stereocenters. The zero-order valence-electron chi connectivity index (χ0n) is 6.53. The van der Waals surface area contributed by atoms with Crippen LogP contribution in [-0.2, 0) is 6.54 Å². The molecule has 0 fully saturated rings. The van der Waals surface area contributed by atoms with Gasteiger partial charge in [0.1, 0.15) is 6.33 Å². The first-order chi connectivity index (χ1) is 4.83. The van der Waals surface area contributed by atoms with Crippen LogP contribution >= 0.6 is 40.7 Å². The monoisotopic (exact) mass is 276 g/mol. The van der Waals surface area contributed by atoms with E-state index < -0.39 is 0 Å². The maximum absolute atomic E-state index is 4.03. The quantitative estimate of drug-likeness (QED) is 0.900. The van der Waals surface area contributed by atoms with E-state index >= 15 is 0 Å². The first-order valence-corrected chi connectivity index (χ1v) is 3.82. The van der Waals surface area contributed by atoms with E-state index in [0.717, 1.165) is 13.1 Å². The van der Waals surface area contributed by atoms with Crippen molar-refractivity contribution >= 4 is 40.7 Å². The van der Waals surface area contributed by atoms with E-state index in [1.807, 2.05) is 7.05 Å². The molecule has 1 rings (SSSR count). The van der Waals surface area contributed by atoms with Crippen LogP contribution in [-0.4, -0.2) is 28.4 Å². The Morgan fingerprint density at radius 2 is 2.25 bits per heavy atom.